The number of benzene rings is 2. The number of hydrogen-bond donors (Lipinski definition) is 4. The van der Waals surface area contributed by atoms with Crippen LogP contribution in [0.5, 0.6) is 5.75 Å². The highest BCUT2D eigenvalue weighted by Crippen LogP contribution is 2.49. The number of aromatic nitrogens is 1. The van der Waals surface area contributed by atoms with Gasteiger partial charge in [0.1, 0.15) is 12.9 Å². The molecule has 0 bridgehead atoms. The van der Waals surface area contributed by atoms with Crippen molar-refractivity contribution in [2.75, 3.05) is 24.8 Å². The number of ether oxygens (including phenoxy) is 1. The van der Waals surface area contributed by atoms with Crippen molar-refractivity contribution < 1.29 is 9.30 Å². The van der Waals surface area contributed by atoms with E-state index < -0.39 is 7.14 Å². The molecule has 0 spiro atoms. The molecule has 1 aliphatic rings. The fourth-order valence-electron chi connectivity index (χ4n) is 4.29. The highest BCUT2D eigenvalue weighted by atomic mass is 35.5. The van der Waals surface area contributed by atoms with Gasteiger partial charge in [0.05, 0.1) is 18.5 Å². The molecule has 0 radical (unpaired) electrons. The maximum atomic E-state index is 13.5. The Kier molecular flexibility index (Phi) is 7.36. The van der Waals surface area contributed by atoms with Gasteiger partial charge in [-0.2, -0.15) is 0 Å². The lowest BCUT2D eigenvalue weighted by Crippen LogP contribution is -2.30. The van der Waals surface area contributed by atoms with Crippen molar-refractivity contribution in [2.24, 2.45) is 16.5 Å². The zero-order valence-corrected chi connectivity index (χ0v) is 21.1. The summed E-state index contributed by atoms with van der Waals surface area (Å²) in [5.74, 6) is 0.730. The topological polar surface area (TPSA) is 119 Å². The second kappa shape index (κ2) is 10.3. The van der Waals surface area contributed by atoms with Gasteiger partial charge < -0.3 is 31.1 Å². The number of fused-ring (bicyclic) bond motifs is 1. The van der Waals surface area contributed by atoms with Crippen LogP contribution in [0.3, 0.4) is 0 Å². The predicted molar refractivity (Wildman–Crippen MR) is 144 cm³/mol. The Balaban J connectivity index is 1.63. The molecule has 4 rings (SSSR count). The number of nitrogens with one attached hydrogen (secondary N) is 2. The lowest BCUT2D eigenvalue weighted by molar-refractivity contribution is 0.417. The molecule has 0 aliphatic carbocycles. The molecule has 1 aromatic heterocycles. The molecule has 1 saturated heterocycles. The van der Waals surface area contributed by atoms with Crippen LogP contribution < -0.4 is 26.8 Å². The maximum absolute atomic E-state index is 13.5. The van der Waals surface area contributed by atoms with Crippen LogP contribution in [0, 0.1) is 0 Å². The fraction of sp³-hybridized carbons (Fsp3) is 0.320. The number of nitrogens with zero attached hydrogens (tertiary/aromatic N) is 1. The summed E-state index contributed by atoms with van der Waals surface area (Å²) in [6.07, 6.45) is 5.31. The minimum absolute atomic E-state index is 0.135. The van der Waals surface area contributed by atoms with Gasteiger partial charge in [-0.15, -0.1) is 0 Å². The molecule has 1 fully saturated rings. The van der Waals surface area contributed by atoms with E-state index >= 15 is 0 Å². The number of rotatable bonds is 6. The second-order valence-electron chi connectivity index (χ2n) is 8.54. The van der Waals surface area contributed by atoms with Crippen LogP contribution >= 0.6 is 18.7 Å². The zero-order valence-electron chi connectivity index (χ0n) is 19.5. The smallest absolute Gasteiger partial charge is 0.198 e. The van der Waals surface area contributed by atoms with Crippen molar-refractivity contribution in [1.29, 1.82) is 0 Å². The Morgan fingerprint density at radius 3 is 2.71 bits per heavy atom. The Bertz CT molecular complexity index is 1290. The summed E-state index contributed by atoms with van der Waals surface area (Å²) in [4.78, 5) is 7.89. The Hall–Kier alpha value is -2.73. The normalized spacial score (nSPS) is 21.9. The third kappa shape index (κ3) is 5.02. The van der Waals surface area contributed by atoms with Crippen LogP contribution in [0.15, 0.2) is 58.7 Å². The number of H-pyrrole nitrogens is 1. The number of aliphatic imine (C=N–C) groups is 1. The lowest BCUT2D eigenvalue weighted by Gasteiger charge is -2.27. The third-order valence-corrected chi connectivity index (χ3v) is 9.91. The number of para-hydroxylation sites is 1. The summed E-state index contributed by atoms with van der Waals surface area (Å²) in [7, 11) is -0.892. The third-order valence-electron chi connectivity index (χ3n) is 6.28. The Labute approximate surface area is 205 Å². The molecule has 0 atom stereocenters. The molecule has 1 aliphatic heterocycles. The summed E-state index contributed by atoms with van der Waals surface area (Å²) in [5.41, 5.74) is 15.4. The zero-order chi connectivity index (χ0) is 24.3. The van der Waals surface area contributed by atoms with E-state index in [0.29, 0.717) is 40.9 Å². The summed E-state index contributed by atoms with van der Waals surface area (Å²) < 4.78 is 19.1. The van der Waals surface area contributed by atoms with E-state index in [2.05, 4.69) is 15.3 Å². The number of guanidine groups is 1. The van der Waals surface area contributed by atoms with E-state index in [1.807, 2.05) is 55.6 Å². The fourth-order valence-corrected chi connectivity index (χ4v) is 7.37. The van der Waals surface area contributed by atoms with Gasteiger partial charge in [0.25, 0.3) is 0 Å². The van der Waals surface area contributed by atoms with Crippen LogP contribution in [-0.2, 0) is 4.57 Å². The summed E-state index contributed by atoms with van der Waals surface area (Å²) in [6.45, 7) is 1.97. The van der Waals surface area contributed by atoms with Crippen molar-refractivity contribution in [3.63, 3.8) is 0 Å². The van der Waals surface area contributed by atoms with E-state index in [-0.39, 0.29) is 12.0 Å². The van der Waals surface area contributed by atoms with Crippen molar-refractivity contribution >= 4 is 52.3 Å². The van der Waals surface area contributed by atoms with E-state index in [9.17, 15) is 4.57 Å². The van der Waals surface area contributed by atoms with Crippen molar-refractivity contribution in [3.05, 3.63) is 59.3 Å². The number of anilines is 1. The van der Waals surface area contributed by atoms with Gasteiger partial charge in [0.2, 0.25) is 0 Å². The minimum atomic E-state index is -2.47. The van der Waals surface area contributed by atoms with Gasteiger partial charge in [-0.1, -0.05) is 36.7 Å². The standard InChI is InChI=1S/C25H31ClN5O2P/c1-3-20(26)24(19-15-29-21-7-5-4-6-18(19)21)31-25(28)30-22-9-8-17(14-23(22)33-2)34(32)12-10-16(27)11-13-34/h4-9,14-16,29H,3,10-13,27H2,1-2H3,(H3,28,30,31)/b24-20+. The molecular weight excluding hydrogens is 469 g/mol. The first-order valence-electron chi connectivity index (χ1n) is 11.4. The number of halogens is 1. The quantitative estimate of drug-likeness (QED) is 0.215. The molecule has 7 nitrogen and oxygen atoms in total. The molecule has 0 saturated carbocycles. The van der Waals surface area contributed by atoms with E-state index in [1.165, 1.54) is 0 Å². The van der Waals surface area contributed by atoms with Crippen LogP contribution in [0.2, 0.25) is 0 Å². The summed E-state index contributed by atoms with van der Waals surface area (Å²) in [6, 6.07) is 13.6. The van der Waals surface area contributed by atoms with Gasteiger partial charge in [0, 0.05) is 51.4 Å². The van der Waals surface area contributed by atoms with Crippen LogP contribution in [0.25, 0.3) is 16.6 Å². The number of allylic oxidation sites excluding steroid dienone is 1. The van der Waals surface area contributed by atoms with Crippen LogP contribution in [-0.4, -0.2) is 36.4 Å². The Morgan fingerprint density at radius 1 is 1.26 bits per heavy atom. The van der Waals surface area contributed by atoms with Gasteiger partial charge in [-0.3, -0.25) is 0 Å². The lowest BCUT2D eigenvalue weighted by atomic mass is 10.1. The first-order valence-corrected chi connectivity index (χ1v) is 13.9. The van der Waals surface area contributed by atoms with Gasteiger partial charge in [-0.05, 0) is 43.5 Å². The predicted octanol–water partition coefficient (Wildman–Crippen LogP) is 5.03. The van der Waals surface area contributed by atoms with E-state index in [0.717, 1.165) is 34.6 Å². The van der Waals surface area contributed by atoms with Crippen molar-refractivity contribution in [1.82, 2.24) is 4.98 Å². The summed E-state index contributed by atoms with van der Waals surface area (Å²) >= 11 is 6.57. The Morgan fingerprint density at radius 2 is 2.00 bits per heavy atom. The van der Waals surface area contributed by atoms with Crippen molar-refractivity contribution in [3.8, 4) is 5.75 Å². The molecule has 180 valence electrons. The van der Waals surface area contributed by atoms with E-state index in [4.69, 9.17) is 27.8 Å². The molecule has 9 heteroatoms. The average Bonchev–Trinajstić information content (AvgIpc) is 3.28. The molecule has 2 heterocycles. The van der Waals surface area contributed by atoms with Gasteiger partial charge >= 0.3 is 0 Å². The monoisotopic (exact) mass is 499 g/mol. The highest BCUT2D eigenvalue weighted by molar-refractivity contribution is 7.71. The highest BCUT2D eigenvalue weighted by Gasteiger charge is 2.30. The van der Waals surface area contributed by atoms with Crippen LogP contribution in [0.1, 0.15) is 31.7 Å². The second-order valence-corrected chi connectivity index (χ2v) is 12.2. The minimum Gasteiger partial charge on any atom is -0.495 e. The average molecular weight is 500 g/mol. The number of methoxy groups -OCH3 is 1. The van der Waals surface area contributed by atoms with Crippen LogP contribution in [0.4, 0.5) is 5.69 Å². The first-order chi connectivity index (χ1) is 16.3. The SMILES string of the molecule is CC/C(Cl)=C(\N=C(N)Nc1ccc(P2(=O)CCC(N)CC2)cc1OC)c1c[nH]c2ccccc12. The number of aromatic amines is 1. The largest absolute Gasteiger partial charge is 0.495 e. The molecule has 2 aromatic carbocycles. The molecule has 0 unspecified atom stereocenters. The summed E-state index contributed by atoms with van der Waals surface area (Å²) in [5, 5.41) is 5.55. The van der Waals surface area contributed by atoms with Gasteiger partial charge in [-0.25, -0.2) is 4.99 Å². The maximum Gasteiger partial charge on any atom is 0.198 e. The molecular formula is C25H31ClN5O2P. The van der Waals surface area contributed by atoms with Crippen molar-refractivity contribution in [2.45, 2.75) is 32.2 Å². The number of nitrogens with two attached hydrogens (primary N) is 2. The molecule has 3 aromatic rings. The van der Waals surface area contributed by atoms with E-state index in [1.54, 1.807) is 7.11 Å². The molecule has 0 amide bonds. The van der Waals surface area contributed by atoms with Gasteiger partial charge in [0.15, 0.2) is 5.96 Å². The molecule has 34 heavy (non-hydrogen) atoms. The molecule has 6 N–H and O–H groups in total. The first kappa shape index (κ1) is 24.4. The number of hydrogen-bond acceptors (Lipinski definition) is 4.